The van der Waals surface area contributed by atoms with Crippen LogP contribution < -0.4 is 4.74 Å². The van der Waals surface area contributed by atoms with Crippen molar-refractivity contribution in [3.05, 3.63) is 29.8 Å². The van der Waals surface area contributed by atoms with Crippen LogP contribution in [-0.4, -0.2) is 26.1 Å². The van der Waals surface area contributed by atoms with E-state index in [0.717, 1.165) is 12.2 Å². The van der Waals surface area contributed by atoms with Crippen LogP contribution in [0.15, 0.2) is 24.3 Å². The van der Waals surface area contributed by atoms with E-state index >= 15 is 0 Å². The van der Waals surface area contributed by atoms with E-state index in [9.17, 15) is 0 Å². The van der Waals surface area contributed by atoms with Gasteiger partial charge in [0.2, 0.25) is 0 Å². The molecule has 2 nitrogen and oxygen atoms in total. The molecule has 0 N–H and O–H groups in total. The first-order valence-corrected chi connectivity index (χ1v) is 6.00. The van der Waals surface area contributed by atoms with E-state index in [0.29, 0.717) is 6.04 Å². The molecule has 16 heavy (non-hydrogen) atoms. The first-order valence-electron chi connectivity index (χ1n) is 6.00. The second kappa shape index (κ2) is 8.17. The minimum absolute atomic E-state index is 0.436. The van der Waals surface area contributed by atoms with Crippen LogP contribution in [0.5, 0.6) is 5.75 Å². The average molecular weight is 223 g/mol. The van der Waals surface area contributed by atoms with Crippen molar-refractivity contribution >= 4 is 0 Å². The predicted molar refractivity (Wildman–Crippen MR) is 71.1 cm³/mol. The van der Waals surface area contributed by atoms with Crippen LogP contribution in [0.4, 0.5) is 0 Å². The van der Waals surface area contributed by atoms with Crippen molar-refractivity contribution in [2.75, 3.05) is 21.2 Å². The number of para-hydroxylation sites is 1. The fraction of sp³-hybridized carbons (Fsp3) is 0.571. The van der Waals surface area contributed by atoms with E-state index in [2.05, 4.69) is 38.1 Å². The third-order valence-corrected chi connectivity index (χ3v) is 2.51. The predicted octanol–water partition coefficient (Wildman–Crippen LogP) is 3.73. The molecule has 1 unspecified atom stereocenters. The summed E-state index contributed by atoms with van der Waals surface area (Å²) in [5, 5.41) is 0. The molecular weight excluding hydrogens is 198 g/mol. The average Bonchev–Trinajstić information content (AvgIpc) is 2.33. The Morgan fingerprint density at radius 2 is 1.75 bits per heavy atom. The van der Waals surface area contributed by atoms with Gasteiger partial charge in [-0.25, -0.2) is 0 Å². The summed E-state index contributed by atoms with van der Waals surface area (Å²) in [4.78, 5) is 2.22. The van der Waals surface area contributed by atoms with E-state index in [1.807, 2.05) is 26.0 Å². The van der Waals surface area contributed by atoms with Crippen molar-refractivity contribution in [1.29, 1.82) is 0 Å². The molecule has 92 valence electrons. The van der Waals surface area contributed by atoms with Crippen molar-refractivity contribution in [3.8, 4) is 5.75 Å². The lowest BCUT2D eigenvalue weighted by molar-refractivity contribution is 0.282. The van der Waals surface area contributed by atoms with Gasteiger partial charge in [-0.3, -0.25) is 0 Å². The summed E-state index contributed by atoms with van der Waals surface area (Å²) in [5.41, 5.74) is 1.27. The summed E-state index contributed by atoms with van der Waals surface area (Å²) in [6.45, 7) is 6.19. The zero-order valence-electron chi connectivity index (χ0n) is 11.4. The van der Waals surface area contributed by atoms with E-state index in [4.69, 9.17) is 4.74 Å². The number of methoxy groups -OCH3 is 1. The van der Waals surface area contributed by atoms with E-state index < -0.39 is 0 Å². The zero-order valence-corrected chi connectivity index (χ0v) is 11.4. The lowest BCUT2D eigenvalue weighted by Gasteiger charge is -2.24. The molecule has 0 saturated carbocycles. The lowest BCUT2D eigenvalue weighted by Crippen LogP contribution is -2.19. The van der Waals surface area contributed by atoms with Gasteiger partial charge in [0.1, 0.15) is 5.75 Å². The van der Waals surface area contributed by atoms with Gasteiger partial charge in [-0.1, -0.05) is 39.0 Å². The van der Waals surface area contributed by atoms with Gasteiger partial charge in [0.15, 0.2) is 0 Å². The molecule has 0 aromatic heterocycles. The molecule has 0 saturated heterocycles. The van der Waals surface area contributed by atoms with Crippen LogP contribution in [0.3, 0.4) is 0 Å². The first kappa shape index (κ1) is 15.0. The Bertz CT molecular complexity index is 284. The number of benzene rings is 1. The van der Waals surface area contributed by atoms with E-state index in [-0.39, 0.29) is 0 Å². The normalized spacial score (nSPS) is 11.7. The van der Waals surface area contributed by atoms with Crippen LogP contribution in [0.25, 0.3) is 0 Å². The van der Waals surface area contributed by atoms with Gasteiger partial charge in [-0.2, -0.15) is 0 Å². The molecule has 0 spiro atoms. The Balaban J connectivity index is 0.00000106. The molecule has 0 aliphatic carbocycles. The molecule has 1 aromatic rings. The van der Waals surface area contributed by atoms with E-state index in [1.165, 1.54) is 5.56 Å². The van der Waals surface area contributed by atoms with Gasteiger partial charge in [-0.05, 0) is 26.6 Å². The summed E-state index contributed by atoms with van der Waals surface area (Å²) >= 11 is 0. The Morgan fingerprint density at radius 1 is 1.19 bits per heavy atom. The van der Waals surface area contributed by atoms with Gasteiger partial charge in [0.25, 0.3) is 0 Å². The van der Waals surface area contributed by atoms with Crippen LogP contribution in [-0.2, 0) is 0 Å². The van der Waals surface area contributed by atoms with Gasteiger partial charge in [0, 0.05) is 11.6 Å². The molecule has 0 bridgehead atoms. The standard InChI is InChI=1S/C12H19NO.C2H6/c1-5-11(13(2)3)10-8-6-7-9-12(10)14-4;1-2/h6-9,11H,5H2,1-4H3;1-2H3. The maximum atomic E-state index is 5.35. The minimum Gasteiger partial charge on any atom is -0.496 e. The van der Waals surface area contributed by atoms with Crippen LogP contribution in [0.1, 0.15) is 38.8 Å². The van der Waals surface area contributed by atoms with Gasteiger partial charge in [0.05, 0.1) is 7.11 Å². The number of rotatable bonds is 4. The minimum atomic E-state index is 0.436. The second-order valence-electron chi connectivity index (χ2n) is 3.63. The van der Waals surface area contributed by atoms with Crippen molar-refractivity contribution < 1.29 is 4.74 Å². The van der Waals surface area contributed by atoms with Gasteiger partial charge in [-0.15, -0.1) is 0 Å². The largest absolute Gasteiger partial charge is 0.496 e. The number of hydrogen-bond acceptors (Lipinski definition) is 2. The molecule has 0 amide bonds. The summed E-state index contributed by atoms with van der Waals surface area (Å²) < 4.78 is 5.35. The summed E-state index contributed by atoms with van der Waals surface area (Å²) in [6.07, 6.45) is 1.09. The smallest absolute Gasteiger partial charge is 0.123 e. The maximum Gasteiger partial charge on any atom is 0.123 e. The fourth-order valence-corrected chi connectivity index (χ4v) is 1.80. The summed E-state index contributed by atoms with van der Waals surface area (Å²) in [6, 6.07) is 8.65. The summed E-state index contributed by atoms with van der Waals surface area (Å²) in [5.74, 6) is 0.980. The highest BCUT2D eigenvalue weighted by molar-refractivity contribution is 5.35. The van der Waals surface area contributed by atoms with Crippen molar-refractivity contribution in [2.24, 2.45) is 0 Å². The molecule has 0 aliphatic heterocycles. The fourth-order valence-electron chi connectivity index (χ4n) is 1.80. The highest BCUT2D eigenvalue weighted by Gasteiger charge is 2.15. The molecule has 0 radical (unpaired) electrons. The Morgan fingerprint density at radius 3 is 2.19 bits per heavy atom. The number of hydrogen-bond donors (Lipinski definition) is 0. The van der Waals surface area contributed by atoms with Crippen molar-refractivity contribution in [3.63, 3.8) is 0 Å². The van der Waals surface area contributed by atoms with Crippen LogP contribution in [0.2, 0.25) is 0 Å². The van der Waals surface area contributed by atoms with Crippen molar-refractivity contribution in [1.82, 2.24) is 4.90 Å². The Kier molecular flexibility index (Phi) is 7.65. The molecule has 0 aliphatic rings. The monoisotopic (exact) mass is 223 g/mol. The number of nitrogens with zero attached hydrogens (tertiary/aromatic N) is 1. The molecule has 1 atom stereocenters. The highest BCUT2D eigenvalue weighted by atomic mass is 16.5. The third kappa shape index (κ3) is 3.86. The third-order valence-electron chi connectivity index (χ3n) is 2.51. The SMILES string of the molecule is CC.CCC(c1ccccc1OC)N(C)C. The molecule has 1 rings (SSSR count). The van der Waals surface area contributed by atoms with E-state index in [1.54, 1.807) is 7.11 Å². The Labute approximate surface area is 100 Å². The molecule has 0 fully saturated rings. The first-order chi connectivity index (χ1) is 7.70. The van der Waals surface area contributed by atoms with Crippen LogP contribution in [0, 0.1) is 0 Å². The van der Waals surface area contributed by atoms with Gasteiger partial charge >= 0.3 is 0 Å². The Hall–Kier alpha value is -1.02. The molecule has 0 heterocycles. The maximum absolute atomic E-state index is 5.35. The second-order valence-corrected chi connectivity index (χ2v) is 3.63. The van der Waals surface area contributed by atoms with Crippen molar-refractivity contribution in [2.45, 2.75) is 33.2 Å². The molecule has 1 aromatic carbocycles. The topological polar surface area (TPSA) is 12.5 Å². The summed E-state index contributed by atoms with van der Waals surface area (Å²) in [7, 11) is 5.92. The highest BCUT2D eigenvalue weighted by Crippen LogP contribution is 2.29. The van der Waals surface area contributed by atoms with Crippen LogP contribution >= 0.6 is 0 Å². The molecule has 2 heteroatoms. The lowest BCUT2D eigenvalue weighted by atomic mass is 10.0. The number of ether oxygens (including phenoxy) is 1. The van der Waals surface area contributed by atoms with Gasteiger partial charge < -0.3 is 9.64 Å². The zero-order chi connectivity index (χ0) is 12.6. The quantitative estimate of drug-likeness (QED) is 0.771. The molecular formula is C14H25NO.